The van der Waals surface area contributed by atoms with Gasteiger partial charge in [-0.1, -0.05) is 13.8 Å². The maximum Gasteiger partial charge on any atom is 0.0209 e. The highest BCUT2D eigenvalue weighted by Gasteiger charge is 2.02. The van der Waals surface area contributed by atoms with E-state index in [-0.39, 0.29) is 0 Å². The molecule has 0 aliphatic carbocycles. The van der Waals surface area contributed by atoms with E-state index < -0.39 is 0 Å². The van der Waals surface area contributed by atoms with Crippen LogP contribution in [0, 0.1) is 0 Å². The Bertz CT molecular complexity index is 96.3. The van der Waals surface area contributed by atoms with Crippen molar-refractivity contribution >= 4 is 22.9 Å². The number of likely N-dealkylation sites (N-methyl/N-ethyl adjacent to an activating group) is 1. The predicted molar refractivity (Wildman–Crippen MR) is 62.4 cm³/mol. The Morgan fingerprint density at radius 2 is 1.67 bits per heavy atom. The van der Waals surface area contributed by atoms with E-state index in [4.69, 9.17) is 5.73 Å². The quantitative estimate of drug-likeness (QED) is 0.558. The second-order valence-corrected chi connectivity index (χ2v) is 4.09. The average molecular weight is 285 g/mol. The SMILES string of the molecule is CCN(CC)CCN(I)CCN. The Morgan fingerprint density at radius 1 is 1.08 bits per heavy atom. The monoisotopic (exact) mass is 285 g/mol. The highest BCUT2D eigenvalue weighted by molar-refractivity contribution is 14.1. The van der Waals surface area contributed by atoms with E-state index in [1.807, 2.05) is 0 Å². The molecule has 0 spiro atoms. The van der Waals surface area contributed by atoms with Gasteiger partial charge in [-0.25, -0.2) is 3.11 Å². The lowest BCUT2D eigenvalue weighted by molar-refractivity contribution is 0.285. The van der Waals surface area contributed by atoms with Gasteiger partial charge in [0.1, 0.15) is 0 Å². The van der Waals surface area contributed by atoms with Crippen LogP contribution in [0.1, 0.15) is 13.8 Å². The van der Waals surface area contributed by atoms with Crippen molar-refractivity contribution < 1.29 is 0 Å². The van der Waals surface area contributed by atoms with Crippen molar-refractivity contribution in [2.45, 2.75) is 13.8 Å². The first-order valence-electron chi connectivity index (χ1n) is 4.57. The van der Waals surface area contributed by atoms with Gasteiger partial charge < -0.3 is 10.6 Å². The van der Waals surface area contributed by atoms with E-state index in [9.17, 15) is 0 Å². The molecule has 0 radical (unpaired) electrons. The summed E-state index contributed by atoms with van der Waals surface area (Å²) in [7, 11) is 0. The van der Waals surface area contributed by atoms with E-state index in [0.717, 1.165) is 39.3 Å². The molecule has 0 unspecified atom stereocenters. The van der Waals surface area contributed by atoms with Gasteiger partial charge in [-0.3, -0.25) is 0 Å². The summed E-state index contributed by atoms with van der Waals surface area (Å²) in [5.41, 5.74) is 5.44. The predicted octanol–water partition coefficient (Wildman–Crippen LogP) is 0.939. The van der Waals surface area contributed by atoms with Crippen LogP contribution in [0.4, 0.5) is 0 Å². The lowest BCUT2D eigenvalue weighted by atomic mass is 10.4. The first kappa shape index (κ1) is 12.6. The average Bonchev–Trinajstić information content (AvgIpc) is 2.07. The van der Waals surface area contributed by atoms with Crippen LogP contribution in [-0.4, -0.2) is 47.3 Å². The lowest BCUT2D eigenvalue weighted by Gasteiger charge is -2.21. The fraction of sp³-hybridized carbons (Fsp3) is 1.00. The maximum atomic E-state index is 5.44. The third-order valence-corrected chi connectivity index (χ3v) is 2.89. The number of halogens is 1. The molecule has 4 heteroatoms. The molecule has 0 aromatic rings. The van der Waals surface area contributed by atoms with Gasteiger partial charge in [0.15, 0.2) is 0 Å². The van der Waals surface area contributed by atoms with E-state index in [0.29, 0.717) is 0 Å². The third kappa shape index (κ3) is 6.16. The molecule has 0 aromatic carbocycles. The molecule has 0 saturated heterocycles. The van der Waals surface area contributed by atoms with Crippen molar-refractivity contribution in [3.8, 4) is 0 Å². The summed E-state index contributed by atoms with van der Waals surface area (Å²) in [6.45, 7) is 10.7. The van der Waals surface area contributed by atoms with Crippen LogP contribution < -0.4 is 5.73 Å². The highest BCUT2D eigenvalue weighted by atomic mass is 127. The standard InChI is InChI=1S/C8H20IN3/c1-3-11(4-2)7-8-12(9)6-5-10/h3-8,10H2,1-2H3. The van der Waals surface area contributed by atoms with Crippen LogP contribution in [0.15, 0.2) is 0 Å². The van der Waals surface area contributed by atoms with Gasteiger partial charge in [-0.15, -0.1) is 0 Å². The number of nitrogens with zero attached hydrogens (tertiary/aromatic N) is 2. The Hall–Kier alpha value is 0.610. The molecule has 0 amide bonds. The minimum atomic E-state index is 0.751. The van der Waals surface area contributed by atoms with Crippen molar-refractivity contribution in [1.29, 1.82) is 0 Å². The molecular formula is C8H20IN3. The molecule has 0 rings (SSSR count). The Morgan fingerprint density at radius 3 is 2.08 bits per heavy atom. The second kappa shape index (κ2) is 8.22. The number of hydrogen-bond acceptors (Lipinski definition) is 3. The minimum absolute atomic E-state index is 0.751. The van der Waals surface area contributed by atoms with Gasteiger partial charge in [-0.05, 0) is 13.1 Å². The molecule has 0 aliphatic heterocycles. The van der Waals surface area contributed by atoms with Gasteiger partial charge in [0, 0.05) is 49.0 Å². The second-order valence-electron chi connectivity index (χ2n) is 2.73. The van der Waals surface area contributed by atoms with Crippen LogP contribution in [0.5, 0.6) is 0 Å². The molecule has 12 heavy (non-hydrogen) atoms. The highest BCUT2D eigenvalue weighted by Crippen LogP contribution is 1.97. The molecule has 0 bridgehead atoms. The minimum Gasteiger partial charge on any atom is -0.329 e. The Kier molecular flexibility index (Phi) is 8.64. The van der Waals surface area contributed by atoms with Gasteiger partial charge in [-0.2, -0.15) is 0 Å². The van der Waals surface area contributed by atoms with E-state index in [1.54, 1.807) is 0 Å². The molecule has 3 nitrogen and oxygen atoms in total. The number of rotatable bonds is 7. The van der Waals surface area contributed by atoms with Crippen molar-refractivity contribution in [2.75, 3.05) is 39.3 Å². The molecular weight excluding hydrogens is 265 g/mol. The molecule has 0 aliphatic rings. The van der Waals surface area contributed by atoms with Gasteiger partial charge in [0.2, 0.25) is 0 Å². The summed E-state index contributed by atoms with van der Waals surface area (Å²) in [4.78, 5) is 2.42. The molecule has 0 fully saturated rings. The normalized spacial score (nSPS) is 11.5. The molecule has 2 N–H and O–H groups in total. The van der Waals surface area contributed by atoms with Crippen LogP contribution in [0.3, 0.4) is 0 Å². The fourth-order valence-corrected chi connectivity index (χ4v) is 1.54. The summed E-state index contributed by atoms with van der Waals surface area (Å²) >= 11 is 2.33. The molecule has 74 valence electrons. The fourth-order valence-electron chi connectivity index (χ4n) is 1.04. The van der Waals surface area contributed by atoms with E-state index in [1.165, 1.54) is 0 Å². The summed E-state index contributed by atoms with van der Waals surface area (Å²) in [5.74, 6) is 0. The van der Waals surface area contributed by atoms with Gasteiger partial charge in [0.25, 0.3) is 0 Å². The smallest absolute Gasteiger partial charge is 0.0209 e. The van der Waals surface area contributed by atoms with Gasteiger partial charge in [0.05, 0.1) is 0 Å². The van der Waals surface area contributed by atoms with Crippen LogP contribution in [0.25, 0.3) is 0 Å². The van der Waals surface area contributed by atoms with Crippen molar-refractivity contribution in [3.63, 3.8) is 0 Å². The van der Waals surface area contributed by atoms with Crippen molar-refractivity contribution in [2.24, 2.45) is 5.73 Å². The van der Waals surface area contributed by atoms with Crippen LogP contribution in [-0.2, 0) is 0 Å². The number of hydrogen-bond donors (Lipinski definition) is 1. The zero-order chi connectivity index (χ0) is 9.40. The first-order chi connectivity index (χ1) is 5.74. The summed E-state index contributed by atoms with van der Waals surface area (Å²) in [6.07, 6.45) is 0. The van der Waals surface area contributed by atoms with E-state index >= 15 is 0 Å². The van der Waals surface area contributed by atoms with Crippen LogP contribution in [0.2, 0.25) is 0 Å². The molecule has 0 saturated carbocycles. The molecule has 0 heterocycles. The first-order valence-corrected chi connectivity index (χ1v) is 5.54. The zero-order valence-electron chi connectivity index (χ0n) is 8.09. The summed E-state index contributed by atoms with van der Waals surface area (Å²) in [6, 6.07) is 0. The third-order valence-electron chi connectivity index (χ3n) is 1.93. The number of nitrogens with two attached hydrogens (primary N) is 1. The van der Waals surface area contributed by atoms with Crippen molar-refractivity contribution in [3.05, 3.63) is 0 Å². The lowest BCUT2D eigenvalue weighted by Crippen LogP contribution is -2.32. The van der Waals surface area contributed by atoms with E-state index in [2.05, 4.69) is 44.7 Å². The molecule has 0 atom stereocenters. The maximum absolute atomic E-state index is 5.44. The van der Waals surface area contributed by atoms with Gasteiger partial charge >= 0.3 is 0 Å². The summed E-state index contributed by atoms with van der Waals surface area (Å²) in [5, 5.41) is 0. The van der Waals surface area contributed by atoms with Crippen molar-refractivity contribution in [1.82, 2.24) is 8.01 Å². The Labute approximate surface area is 89.8 Å². The zero-order valence-corrected chi connectivity index (χ0v) is 10.2. The Balaban J connectivity index is 3.37. The topological polar surface area (TPSA) is 32.5 Å². The summed E-state index contributed by atoms with van der Waals surface area (Å²) < 4.78 is 2.25. The van der Waals surface area contributed by atoms with Crippen LogP contribution >= 0.6 is 22.9 Å². The largest absolute Gasteiger partial charge is 0.329 e. The molecule has 0 aromatic heterocycles.